The third-order valence-corrected chi connectivity index (χ3v) is 5.90. The minimum Gasteiger partial charge on any atom is -0.394 e. The van der Waals surface area contributed by atoms with Gasteiger partial charge in [0.05, 0.1) is 19.4 Å². The molecule has 0 spiro atoms. The van der Waals surface area contributed by atoms with Crippen molar-refractivity contribution in [1.82, 2.24) is 19.1 Å². The van der Waals surface area contributed by atoms with E-state index >= 15 is 0 Å². The SMILES string of the molecule is Nc1ccn([C@@H]2O[C@H](CO)[C@@H](O)C2(F)F)c(=O)n1.Nc1nc(=O)n([C@@H]2CS[C@H](CO)O2)cc1F. The molecule has 0 bridgehead atoms. The summed E-state index contributed by atoms with van der Waals surface area (Å²) in [5, 5.41) is 27.0. The number of halogens is 3. The minimum absolute atomic E-state index is 0.114. The standard InChI is InChI=1S/C9H11F2N3O4.C8H10FN3O3S/c10-9(11)6(16)4(3-15)18-7(9)14-2-1-5(12)13-8(14)17;9-4-1-12(8(14)11-7(4)10)5-3-16-6(2-13)15-5/h1-2,4,6-7,15-16H,3H2,(H2,12,13,17);1,5-6,13H,2-3H2,(H2,10,11,14)/t4-,6-,7-;5-,6+/m10/s1. The van der Waals surface area contributed by atoms with Crippen molar-refractivity contribution in [3.05, 3.63) is 45.2 Å². The van der Waals surface area contributed by atoms with Gasteiger partial charge in [-0.2, -0.15) is 18.7 Å². The third kappa shape index (κ3) is 5.18. The highest BCUT2D eigenvalue weighted by atomic mass is 32.2. The third-order valence-electron chi connectivity index (χ3n) is 4.79. The smallest absolute Gasteiger partial charge is 0.351 e. The highest BCUT2D eigenvalue weighted by Gasteiger charge is 2.59. The van der Waals surface area contributed by atoms with E-state index in [1.54, 1.807) is 0 Å². The first kappa shape index (κ1) is 25.9. The van der Waals surface area contributed by atoms with Crippen LogP contribution in [0.25, 0.3) is 0 Å². The van der Waals surface area contributed by atoms with Crippen LogP contribution in [0.1, 0.15) is 12.5 Å². The largest absolute Gasteiger partial charge is 0.394 e. The van der Waals surface area contributed by atoms with Crippen molar-refractivity contribution in [3.63, 3.8) is 0 Å². The molecule has 2 aliphatic rings. The van der Waals surface area contributed by atoms with Crippen molar-refractivity contribution in [1.29, 1.82) is 0 Å². The van der Waals surface area contributed by atoms with E-state index in [1.807, 2.05) is 0 Å². The highest BCUT2D eigenvalue weighted by molar-refractivity contribution is 8.00. The molecule has 0 amide bonds. The molecule has 0 aromatic carbocycles. The van der Waals surface area contributed by atoms with Gasteiger partial charge in [-0.1, -0.05) is 0 Å². The Morgan fingerprint density at radius 1 is 1.15 bits per heavy atom. The van der Waals surface area contributed by atoms with Crippen molar-refractivity contribution in [2.45, 2.75) is 36.0 Å². The van der Waals surface area contributed by atoms with Crippen molar-refractivity contribution < 1.29 is 38.0 Å². The number of aromatic nitrogens is 4. The summed E-state index contributed by atoms with van der Waals surface area (Å²) >= 11 is 1.35. The summed E-state index contributed by atoms with van der Waals surface area (Å²) in [6.45, 7) is -0.939. The zero-order valence-corrected chi connectivity index (χ0v) is 18.0. The lowest BCUT2D eigenvalue weighted by atomic mass is 10.1. The van der Waals surface area contributed by atoms with Crippen molar-refractivity contribution in [2.75, 3.05) is 30.4 Å². The van der Waals surface area contributed by atoms with E-state index in [0.717, 1.165) is 23.0 Å². The number of ether oxygens (including phenoxy) is 2. The number of alkyl halides is 2. The van der Waals surface area contributed by atoms with Gasteiger partial charge < -0.3 is 36.3 Å². The summed E-state index contributed by atoms with van der Waals surface area (Å²) in [4.78, 5) is 29.5. The van der Waals surface area contributed by atoms with E-state index < -0.39 is 65.6 Å². The van der Waals surface area contributed by atoms with Crippen LogP contribution in [0.3, 0.4) is 0 Å². The van der Waals surface area contributed by atoms with Gasteiger partial charge in [-0.15, -0.1) is 11.8 Å². The van der Waals surface area contributed by atoms with E-state index in [0.29, 0.717) is 10.3 Å². The lowest BCUT2D eigenvalue weighted by molar-refractivity contribution is -0.140. The van der Waals surface area contributed by atoms with E-state index in [-0.39, 0.29) is 12.4 Å². The zero-order valence-electron chi connectivity index (χ0n) is 17.2. The molecule has 2 aromatic rings. The number of nitrogens with two attached hydrogens (primary N) is 2. The summed E-state index contributed by atoms with van der Waals surface area (Å²) in [5.41, 5.74) is 8.31. The quantitative estimate of drug-likeness (QED) is 0.311. The number of aliphatic hydroxyl groups excluding tert-OH is 3. The van der Waals surface area contributed by atoms with Crippen LogP contribution in [0, 0.1) is 5.82 Å². The fraction of sp³-hybridized carbons (Fsp3) is 0.529. The normalized spacial score (nSPS) is 27.9. The molecule has 2 aliphatic heterocycles. The Morgan fingerprint density at radius 3 is 2.38 bits per heavy atom. The minimum atomic E-state index is -3.71. The molecule has 34 heavy (non-hydrogen) atoms. The van der Waals surface area contributed by atoms with Gasteiger partial charge in [0.2, 0.25) is 6.23 Å². The molecular formula is C17H21F3N6O7S. The molecule has 0 radical (unpaired) electrons. The van der Waals surface area contributed by atoms with Crippen LogP contribution >= 0.6 is 11.8 Å². The van der Waals surface area contributed by atoms with E-state index in [4.69, 9.17) is 31.2 Å². The average Bonchev–Trinajstić information content (AvgIpc) is 3.34. The molecule has 0 aliphatic carbocycles. The van der Waals surface area contributed by atoms with Gasteiger partial charge in [-0.25, -0.2) is 14.0 Å². The predicted octanol–water partition coefficient (Wildman–Crippen LogP) is -1.74. The van der Waals surface area contributed by atoms with Gasteiger partial charge >= 0.3 is 17.3 Å². The first-order valence-electron chi connectivity index (χ1n) is 9.58. The molecule has 13 nitrogen and oxygen atoms in total. The maximum Gasteiger partial charge on any atom is 0.351 e. The fourth-order valence-corrected chi connectivity index (χ4v) is 4.00. The highest BCUT2D eigenvalue weighted by Crippen LogP contribution is 2.41. The van der Waals surface area contributed by atoms with Crippen LogP contribution in [0.2, 0.25) is 0 Å². The monoisotopic (exact) mass is 510 g/mol. The van der Waals surface area contributed by atoms with Crippen LogP contribution in [0.4, 0.5) is 24.8 Å². The number of thioether (sulfide) groups is 1. The summed E-state index contributed by atoms with van der Waals surface area (Å²) in [6.07, 6.45) is -4.33. The van der Waals surface area contributed by atoms with E-state index in [9.17, 15) is 27.9 Å². The Balaban J connectivity index is 0.000000192. The molecule has 0 unspecified atom stereocenters. The second kappa shape index (κ2) is 10.3. The number of rotatable bonds is 4. The van der Waals surface area contributed by atoms with Crippen molar-refractivity contribution >= 4 is 23.4 Å². The zero-order chi connectivity index (χ0) is 25.2. The van der Waals surface area contributed by atoms with Crippen LogP contribution in [0.5, 0.6) is 0 Å². The Bertz CT molecular complexity index is 1140. The summed E-state index contributed by atoms with van der Waals surface area (Å²) in [5.74, 6) is -4.56. The molecule has 17 heteroatoms. The maximum atomic E-state index is 13.7. The predicted molar refractivity (Wildman–Crippen MR) is 111 cm³/mol. The summed E-state index contributed by atoms with van der Waals surface area (Å²) < 4.78 is 52.2. The van der Waals surface area contributed by atoms with Crippen molar-refractivity contribution in [2.24, 2.45) is 0 Å². The van der Waals surface area contributed by atoms with Gasteiger partial charge in [0.1, 0.15) is 23.6 Å². The number of hydrogen-bond donors (Lipinski definition) is 5. The Morgan fingerprint density at radius 2 is 1.82 bits per heavy atom. The number of anilines is 2. The summed E-state index contributed by atoms with van der Waals surface area (Å²) in [6, 6.07) is 1.15. The molecule has 0 saturated carbocycles. The topological polar surface area (TPSA) is 201 Å². The molecule has 2 saturated heterocycles. The van der Waals surface area contributed by atoms with E-state index in [1.165, 1.54) is 11.8 Å². The second-order valence-electron chi connectivity index (χ2n) is 7.07. The fourth-order valence-electron chi connectivity index (χ4n) is 3.07. The molecule has 2 aromatic heterocycles. The van der Waals surface area contributed by atoms with Crippen LogP contribution in [-0.4, -0.2) is 77.0 Å². The first-order valence-corrected chi connectivity index (χ1v) is 10.6. The molecule has 7 N–H and O–H groups in total. The molecule has 2 fully saturated rings. The van der Waals surface area contributed by atoms with Crippen LogP contribution < -0.4 is 22.8 Å². The van der Waals surface area contributed by atoms with Crippen LogP contribution in [0.15, 0.2) is 28.0 Å². The number of nitrogens with zero attached hydrogens (tertiary/aromatic N) is 4. The average molecular weight is 510 g/mol. The van der Waals surface area contributed by atoms with Crippen LogP contribution in [-0.2, 0) is 9.47 Å². The van der Waals surface area contributed by atoms with E-state index in [2.05, 4.69) is 9.97 Å². The van der Waals surface area contributed by atoms with Gasteiger partial charge in [0.25, 0.3) is 0 Å². The number of nitrogen functional groups attached to an aromatic ring is 2. The number of aliphatic hydroxyl groups is 3. The lowest BCUT2D eigenvalue weighted by Crippen LogP contribution is -2.41. The van der Waals surface area contributed by atoms with Gasteiger partial charge in [0.15, 0.2) is 17.7 Å². The lowest BCUT2D eigenvalue weighted by Gasteiger charge is -2.20. The number of hydrogen-bond acceptors (Lipinski definition) is 12. The molecule has 188 valence electrons. The molecule has 5 atom stereocenters. The summed E-state index contributed by atoms with van der Waals surface area (Å²) in [7, 11) is 0. The maximum absolute atomic E-state index is 13.7. The Kier molecular flexibility index (Phi) is 7.84. The molecular weight excluding hydrogens is 489 g/mol. The molecule has 4 rings (SSSR count). The Hall–Kier alpha value is -2.70. The van der Waals surface area contributed by atoms with Gasteiger partial charge in [-0.05, 0) is 6.07 Å². The van der Waals surface area contributed by atoms with Crippen molar-refractivity contribution in [3.8, 4) is 0 Å². The van der Waals surface area contributed by atoms with Gasteiger partial charge in [-0.3, -0.25) is 9.13 Å². The first-order chi connectivity index (χ1) is 16.0. The second-order valence-corrected chi connectivity index (χ2v) is 8.26. The Labute approximate surface area is 192 Å². The molecule has 4 heterocycles. The van der Waals surface area contributed by atoms with Gasteiger partial charge in [0, 0.05) is 11.9 Å².